The largest absolute Gasteiger partial charge is 0.355 e. The number of aromatic nitrogens is 2. The quantitative estimate of drug-likeness (QED) is 0.542. The average Bonchev–Trinajstić information content (AvgIpc) is 2.91. The van der Waals surface area contributed by atoms with E-state index in [4.69, 9.17) is 5.84 Å². The number of nitrogens with one attached hydrogen (secondary N) is 2. The summed E-state index contributed by atoms with van der Waals surface area (Å²) in [5, 5.41) is 5.70. The van der Waals surface area contributed by atoms with Crippen LogP contribution in [0, 0.1) is 0 Å². The van der Waals surface area contributed by atoms with Crippen molar-refractivity contribution in [2.24, 2.45) is 5.84 Å². The molecule has 0 aromatic carbocycles. The number of anilines is 2. The molecular weight excluding hydrogens is 276 g/mol. The van der Waals surface area contributed by atoms with Crippen molar-refractivity contribution in [2.45, 2.75) is 13.3 Å². The van der Waals surface area contributed by atoms with Gasteiger partial charge in [-0.2, -0.15) is 4.98 Å². The molecule has 0 unspecified atom stereocenters. The molecule has 0 saturated carbocycles. The van der Waals surface area contributed by atoms with Crippen LogP contribution in [0.5, 0.6) is 0 Å². The molecule has 2 heterocycles. The lowest BCUT2D eigenvalue weighted by molar-refractivity contribution is -0.119. The summed E-state index contributed by atoms with van der Waals surface area (Å²) in [5.41, 5.74) is 2.45. The van der Waals surface area contributed by atoms with Crippen LogP contribution in [-0.4, -0.2) is 36.0 Å². The average molecular weight is 294 g/mol. The monoisotopic (exact) mass is 294 g/mol. The third kappa shape index (κ3) is 3.14. The summed E-state index contributed by atoms with van der Waals surface area (Å²) in [5.74, 6) is 6.38. The van der Waals surface area contributed by atoms with E-state index in [9.17, 15) is 4.79 Å². The van der Waals surface area contributed by atoms with Gasteiger partial charge in [0.1, 0.15) is 10.6 Å². The van der Waals surface area contributed by atoms with E-state index in [-0.39, 0.29) is 12.5 Å². The number of hydrogen-bond acceptors (Lipinski definition) is 7. The zero-order valence-electron chi connectivity index (χ0n) is 11.5. The summed E-state index contributed by atoms with van der Waals surface area (Å²) in [6.07, 6.45) is 0.916. The SMILES string of the molecule is CCCNC(=O)CN(C)c1nc(NN)nc2sccc12. The summed E-state index contributed by atoms with van der Waals surface area (Å²) in [7, 11) is 1.82. The van der Waals surface area contributed by atoms with Gasteiger partial charge in [0.2, 0.25) is 11.9 Å². The minimum atomic E-state index is -0.0291. The molecule has 1 amide bonds. The minimum absolute atomic E-state index is 0.0291. The molecule has 0 fully saturated rings. The van der Waals surface area contributed by atoms with Crippen molar-refractivity contribution in [1.29, 1.82) is 0 Å². The van der Waals surface area contributed by atoms with Gasteiger partial charge in [-0.3, -0.25) is 10.2 Å². The molecule has 7 nitrogen and oxygen atoms in total. The highest BCUT2D eigenvalue weighted by molar-refractivity contribution is 7.16. The molecule has 0 aliphatic carbocycles. The third-order valence-electron chi connectivity index (χ3n) is 2.75. The lowest BCUT2D eigenvalue weighted by atomic mass is 10.3. The first-order valence-corrected chi connectivity index (χ1v) is 7.23. The molecule has 0 radical (unpaired) electrons. The molecule has 2 aromatic heterocycles. The van der Waals surface area contributed by atoms with Crippen LogP contribution in [0.25, 0.3) is 10.2 Å². The Balaban J connectivity index is 2.22. The second kappa shape index (κ2) is 6.49. The number of nitrogen functional groups attached to an aromatic ring is 1. The van der Waals surface area contributed by atoms with Crippen LogP contribution in [0.1, 0.15) is 13.3 Å². The van der Waals surface area contributed by atoms with Gasteiger partial charge in [0.05, 0.1) is 11.9 Å². The van der Waals surface area contributed by atoms with Crippen LogP contribution in [-0.2, 0) is 4.79 Å². The van der Waals surface area contributed by atoms with E-state index < -0.39 is 0 Å². The lowest BCUT2D eigenvalue weighted by Gasteiger charge is -2.19. The molecule has 20 heavy (non-hydrogen) atoms. The first-order valence-electron chi connectivity index (χ1n) is 6.35. The first kappa shape index (κ1) is 14.5. The third-order valence-corrected chi connectivity index (χ3v) is 3.56. The molecule has 0 saturated heterocycles. The highest BCUT2D eigenvalue weighted by Gasteiger charge is 2.14. The number of carbonyl (C=O) groups is 1. The smallest absolute Gasteiger partial charge is 0.240 e. The van der Waals surface area contributed by atoms with E-state index in [1.54, 1.807) is 4.90 Å². The van der Waals surface area contributed by atoms with E-state index in [1.165, 1.54) is 11.3 Å². The Morgan fingerprint density at radius 1 is 1.50 bits per heavy atom. The van der Waals surface area contributed by atoms with Crippen molar-refractivity contribution < 1.29 is 4.79 Å². The van der Waals surface area contributed by atoms with E-state index in [0.717, 1.165) is 16.6 Å². The molecule has 0 spiro atoms. The molecule has 0 bridgehead atoms. The number of fused-ring (bicyclic) bond motifs is 1. The number of hydrogen-bond donors (Lipinski definition) is 3. The number of nitrogens with zero attached hydrogens (tertiary/aromatic N) is 3. The molecule has 108 valence electrons. The van der Waals surface area contributed by atoms with E-state index in [0.29, 0.717) is 18.3 Å². The number of thiophene rings is 1. The predicted octanol–water partition coefficient (Wildman–Crippen LogP) is 0.939. The van der Waals surface area contributed by atoms with Crippen molar-refractivity contribution in [1.82, 2.24) is 15.3 Å². The molecule has 0 aliphatic heterocycles. The topological polar surface area (TPSA) is 96.2 Å². The maximum absolute atomic E-state index is 11.8. The van der Waals surface area contributed by atoms with Gasteiger partial charge < -0.3 is 10.2 Å². The van der Waals surface area contributed by atoms with Gasteiger partial charge in [-0.05, 0) is 17.9 Å². The maximum atomic E-state index is 11.8. The minimum Gasteiger partial charge on any atom is -0.355 e. The normalized spacial score (nSPS) is 10.6. The Labute approximate surface area is 121 Å². The van der Waals surface area contributed by atoms with Crippen molar-refractivity contribution in [3.63, 3.8) is 0 Å². The molecule has 0 aliphatic rings. The summed E-state index contributed by atoms with van der Waals surface area (Å²) >= 11 is 1.51. The second-order valence-electron chi connectivity index (χ2n) is 4.36. The predicted molar refractivity (Wildman–Crippen MR) is 81.8 cm³/mol. The van der Waals surface area contributed by atoms with E-state index >= 15 is 0 Å². The van der Waals surface area contributed by atoms with Gasteiger partial charge in [-0.1, -0.05) is 6.92 Å². The molecular formula is C12H18N6OS. The van der Waals surface area contributed by atoms with Gasteiger partial charge in [-0.25, -0.2) is 10.8 Å². The highest BCUT2D eigenvalue weighted by atomic mass is 32.1. The van der Waals surface area contributed by atoms with E-state index in [1.807, 2.05) is 25.4 Å². The van der Waals surface area contributed by atoms with Crippen molar-refractivity contribution in [3.05, 3.63) is 11.4 Å². The number of amides is 1. The van der Waals surface area contributed by atoms with Crippen LogP contribution in [0.15, 0.2) is 11.4 Å². The Morgan fingerprint density at radius 3 is 3.00 bits per heavy atom. The second-order valence-corrected chi connectivity index (χ2v) is 5.26. The van der Waals surface area contributed by atoms with Crippen LogP contribution in [0.3, 0.4) is 0 Å². The number of rotatable bonds is 6. The van der Waals surface area contributed by atoms with Crippen LogP contribution < -0.4 is 21.5 Å². The Hall–Kier alpha value is -1.93. The fourth-order valence-corrected chi connectivity index (χ4v) is 2.56. The number of hydrazine groups is 1. The number of likely N-dealkylation sites (N-methyl/N-ethyl adjacent to an activating group) is 1. The summed E-state index contributed by atoms with van der Waals surface area (Å²) in [4.78, 5) is 23.0. The molecule has 0 atom stereocenters. The van der Waals surface area contributed by atoms with E-state index in [2.05, 4.69) is 20.7 Å². The van der Waals surface area contributed by atoms with Crippen molar-refractivity contribution in [2.75, 3.05) is 30.5 Å². The summed E-state index contributed by atoms with van der Waals surface area (Å²) < 4.78 is 0. The highest BCUT2D eigenvalue weighted by Crippen LogP contribution is 2.28. The number of carbonyl (C=O) groups excluding carboxylic acids is 1. The maximum Gasteiger partial charge on any atom is 0.240 e. The molecule has 2 rings (SSSR count). The Kier molecular flexibility index (Phi) is 4.70. The number of nitrogens with two attached hydrogens (primary N) is 1. The van der Waals surface area contributed by atoms with Gasteiger partial charge >= 0.3 is 0 Å². The van der Waals surface area contributed by atoms with Crippen LogP contribution >= 0.6 is 11.3 Å². The van der Waals surface area contributed by atoms with Crippen molar-refractivity contribution in [3.8, 4) is 0 Å². The molecule has 4 N–H and O–H groups in total. The Morgan fingerprint density at radius 2 is 2.30 bits per heavy atom. The zero-order chi connectivity index (χ0) is 14.5. The van der Waals surface area contributed by atoms with Crippen molar-refractivity contribution >= 4 is 39.2 Å². The van der Waals surface area contributed by atoms with Gasteiger partial charge in [0.25, 0.3) is 0 Å². The van der Waals surface area contributed by atoms with Gasteiger partial charge in [0.15, 0.2) is 0 Å². The fraction of sp³-hybridized carbons (Fsp3) is 0.417. The molecule has 2 aromatic rings. The van der Waals surface area contributed by atoms with Gasteiger partial charge in [-0.15, -0.1) is 11.3 Å². The summed E-state index contributed by atoms with van der Waals surface area (Å²) in [6.45, 7) is 2.94. The molecule has 8 heteroatoms. The van der Waals surface area contributed by atoms with Crippen LogP contribution in [0.2, 0.25) is 0 Å². The Bertz CT molecular complexity index is 599. The standard InChI is InChI=1S/C12H18N6OS/c1-3-5-14-9(19)7-18(2)10-8-4-6-20-11(8)16-12(15-10)17-13/h4,6H,3,5,7,13H2,1-2H3,(H,14,19)(H,15,16,17). The summed E-state index contributed by atoms with van der Waals surface area (Å²) in [6, 6.07) is 1.94. The lowest BCUT2D eigenvalue weighted by Crippen LogP contribution is -2.36. The first-order chi connectivity index (χ1) is 9.65. The van der Waals surface area contributed by atoms with Gasteiger partial charge in [0, 0.05) is 13.6 Å². The zero-order valence-corrected chi connectivity index (χ0v) is 12.3. The van der Waals surface area contributed by atoms with Crippen LogP contribution in [0.4, 0.5) is 11.8 Å². The fourth-order valence-electron chi connectivity index (χ4n) is 1.81.